The third kappa shape index (κ3) is 3.51. The van der Waals surface area contributed by atoms with Gasteiger partial charge in [-0.2, -0.15) is 0 Å². The molecule has 0 aromatic heterocycles. The van der Waals surface area contributed by atoms with Gasteiger partial charge in [-0.05, 0) is 11.6 Å². The van der Waals surface area contributed by atoms with E-state index in [1.807, 2.05) is 0 Å². The fourth-order valence-corrected chi connectivity index (χ4v) is 1.44. The summed E-state index contributed by atoms with van der Waals surface area (Å²) in [5.41, 5.74) is 0.420. The quantitative estimate of drug-likeness (QED) is 0.724. The highest BCUT2D eigenvalue weighted by Gasteiger charge is 2.11. The van der Waals surface area contributed by atoms with Crippen molar-refractivity contribution >= 4 is 17.5 Å². The number of alkyl halides is 1. The van der Waals surface area contributed by atoms with Crippen LogP contribution < -0.4 is 0 Å². The molecule has 0 N–H and O–H groups in total. The van der Waals surface area contributed by atoms with Crippen LogP contribution in [0.4, 0.5) is 4.39 Å². The number of carbonyl (C=O) groups is 1. The molecule has 0 bridgehead atoms. The average molecular weight is 230 g/mol. The van der Waals surface area contributed by atoms with Gasteiger partial charge in [0, 0.05) is 19.5 Å². The van der Waals surface area contributed by atoms with E-state index in [1.165, 1.54) is 11.0 Å². The first-order valence-corrected chi connectivity index (χ1v) is 5.22. The van der Waals surface area contributed by atoms with Gasteiger partial charge in [-0.25, -0.2) is 4.39 Å². The minimum absolute atomic E-state index is 0.0834. The summed E-state index contributed by atoms with van der Waals surface area (Å²) in [6, 6.07) is 6.28. The summed E-state index contributed by atoms with van der Waals surface area (Å²) in [7, 11) is 1.66. The monoisotopic (exact) mass is 229 g/mol. The highest BCUT2D eigenvalue weighted by atomic mass is 35.5. The molecule has 0 spiro atoms. The van der Waals surface area contributed by atoms with Crippen molar-refractivity contribution in [3.8, 4) is 0 Å². The van der Waals surface area contributed by atoms with E-state index in [-0.39, 0.29) is 18.1 Å². The van der Waals surface area contributed by atoms with Gasteiger partial charge in [0.05, 0.1) is 6.42 Å². The van der Waals surface area contributed by atoms with E-state index in [1.54, 1.807) is 25.2 Å². The number of carbonyl (C=O) groups excluding carboxylic acids is 1. The van der Waals surface area contributed by atoms with Gasteiger partial charge in [-0.1, -0.05) is 18.2 Å². The molecule has 4 heteroatoms. The van der Waals surface area contributed by atoms with E-state index in [0.29, 0.717) is 18.0 Å². The van der Waals surface area contributed by atoms with Gasteiger partial charge >= 0.3 is 0 Å². The lowest BCUT2D eigenvalue weighted by Crippen LogP contribution is -2.30. The first-order valence-electron chi connectivity index (χ1n) is 4.68. The van der Waals surface area contributed by atoms with Crippen molar-refractivity contribution in [1.82, 2.24) is 4.90 Å². The van der Waals surface area contributed by atoms with Crippen LogP contribution in [0.2, 0.25) is 0 Å². The van der Waals surface area contributed by atoms with Crippen LogP contribution in [0.15, 0.2) is 24.3 Å². The lowest BCUT2D eigenvalue weighted by atomic mass is 10.1. The van der Waals surface area contributed by atoms with Crippen LogP contribution >= 0.6 is 11.6 Å². The maximum Gasteiger partial charge on any atom is 0.226 e. The van der Waals surface area contributed by atoms with E-state index in [9.17, 15) is 9.18 Å². The van der Waals surface area contributed by atoms with Crippen LogP contribution in [0.1, 0.15) is 5.56 Å². The molecule has 0 saturated heterocycles. The Kier molecular flexibility index (Phi) is 4.56. The highest BCUT2D eigenvalue weighted by Crippen LogP contribution is 2.08. The summed E-state index contributed by atoms with van der Waals surface area (Å²) in [6.45, 7) is 0.481. The van der Waals surface area contributed by atoms with Gasteiger partial charge < -0.3 is 4.90 Å². The molecule has 1 amide bonds. The van der Waals surface area contributed by atoms with Crippen molar-refractivity contribution in [2.75, 3.05) is 19.5 Å². The van der Waals surface area contributed by atoms with Crippen molar-refractivity contribution in [3.05, 3.63) is 35.6 Å². The molecule has 0 fully saturated rings. The molecule has 0 saturated carbocycles. The normalized spacial score (nSPS) is 10.1. The first kappa shape index (κ1) is 12.0. The van der Waals surface area contributed by atoms with Gasteiger partial charge in [0.1, 0.15) is 5.82 Å². The van der Waals surface area contributed by atoms with Crippen LogP contribution in [-0.4, -0.2) is 30.3 Å². The Bertz CT molecular complexity index is 343. The van der Waals surface area contributed by atoms with E-state index in [0.717, 1.165) is 0 Å². The molecule has 1 aromatic carbocycles. The van der Waals surface area contributed by atoms with E-state index in [4.69, 9.17) is 11.6 Å². The summed E-state index contributed by atoms with van der Waals surface area (Å²) in [6.07, 6.45) is 0.0834. The summed E-state index contributed by atoms with van der Waals surface area (Å²) in [4.78, 5) is 13.1. The molecule has 0 heterocycles. The molecule has 0 unspecified atom stereocenters. The van der Waals surface area contributed by atoms with Gasteiger partial charge in [-0.15, -0.1) is 11.6 Å². The van der Waals surface area contributed by atoms with Crippen molar-refractivity contribution < 1.29 is 9.18 Å². The van der Waals surface area contributed by atoms with E-state index in [2.05, 4.69) is 0 Å². The van der Waals surface area contributed by atoms with Crippen LogP contribution in [0, 0.1) is 5.82 Å². The number of halogens is 2. The van der Waals surface area contributed by atoms with Gasteiger partial charge in [-0.3, -0.25) is 4.79 Å². The largest absolute Gasteiger partial charge is 0.344 e. The molecule has 0 atom stereocenters. The van der Waals surface area contributed by atoms with Crippen LogP contribution in [0.3, 0.4) is 0 Å². The molecule has 0 aliphatic rings. The number of likely N-dealkylation sites (N-methyl/N-ethyl adjacent to an activating group) is 1. The highest BCUT2D eigenvalue weighted by molar-refractivity contribution is 6.18. The zero-order valence-electron chi connectivity index (χ0n) is 8.54. The maximum absolute atomic E-state index is 13.2. The van der Waals surface area contributed by atoms with Crippen molar-refractivity contribution in [3.63, 3.8) is 0 Å². The second kappa shape index (κ2) is 5.71. The second-order valence-corrected chi connectivity index (χ2v) is 3.65. The maximum atomic E-state index is 13.2. The number of benzene rings is 1. The third-order valence-corrected chi connectivity index (χ3v) is 2.31. The Morgan fingerprint density at radius 1 is 1.47 bits per heavy atom. The minimum atomic E-state index is -0.342. The fourth-order valence-electron chi connectivity index (χ4n) is 1.19. The number of hydrogen-bond acceptors (Lipinski definition) is 1. The summed E-state index contributed by atoms with van der Waals surface area (Å²) in [5, 5.41) is 0. The third-order valence-electron chi connectivity index (χ3n) is 2.15. The lowest BCUT2D eigenvalue weighted by Gasteiger charge is -2.15. The predicted octanol–water partition coefficient (Wildman–Crippen LogP) is 2.07. The SMILES string of the molecule is CN(CCCl)C(=O)Cc1ccccc1F. The molecule has 0 radical (unpaired) electrons. The predicted molar refractivity (Wildman–Crippen MR) is 58.5 cm³/mol. The zero-order chi connectivity index (χ0) is 11.3. The molecular weight excluding hydrogens is 217 g/mol. The van der Waals surface area contributed by atoms with E-state index >= 15 is 0 Å². The molecular formula is C11H13ClFNO. The average Bonchev–Trinajstić information content (AvgIpc) is 2.21. The van der Waals surface area contributed by atoms with Crippen molar-refractivity contribution in [1.29, 1.82) is 0 Å². The van der Waals surface area contributed by atoms with Crippen molar-refractivity contribution in [2.45, 2.75) is 6.42 Å². The smallest absolute Gasteiger partial charge is 0.226 e. The zero-order valence-corrected chi connectivity index (χ0v) is 9.30. The van der Waals surface area contributed by atoms with Crippen LogP contribution in [0.25, 0.3) is 0 Å². The van der Waals surface area contributed by atoms with Crippen LogP contribution in [0.5, 0.6) is 0 Å². The number of amides is 1. The van der Waals surface area contributed by atoms with Gasteiger partial charge in [0.2, 0.25) is 5.91 Å². The summed E-state index contributed by atoms with van der Waals surface area (Å²) >= 11 is 5.51. The standard InChI is InChI=1S/C11H13ClFNO/c1-14(7-6-12)11(15)8-9-4-2-3-5-10(9)13/h2-5H,6-8H2,1H3. The second-order valence-electron chi connectivity index (χ2n) is 3.27. The molecule has 0 aliphatic carbocycles. The molecule has 2 nitrogen and oxygen atoms in total. The first-order chi connectivity index (χ1) is 7.15. The summed E-state index contributed by atoms with van der Waals surface area (Å²) in [5.74, 6) is -0.0784. The lowest BCUT2D eigenvalue weighted by molar-refractivity contribution is -0.128. The number of nitrogens with zero attached hydrogens (tertiary/aromatic N) is 1. The van der Waals surface area contributed by atoms with Crippen LogP contribution in [-0.2, 0) is 11.2 Å². The molecule has 1 aromatic rings. The van der Waals surface area contributed by atoms with Gasteiger partial charge in [0.15, 0.2) is 0 Å². The summed E-state index contributed by atoms with van der Waals surface area (Å²) < 4.78 is 13.2. The Balaban J connectivity index is 2.62. The van der Waals surface area contributed by atoms with Crippen molar-refractivity contribution in [2.24, 2.45) is 0 Å². The Labute approximate surface area is 93.6 Å². The minimum Gasteiger partial charge on any atom is -0.344 e. The number of rotatable bonds is 4. The molecule has 15 heavy (non-hydrogen) atoms. The molecule has 82 valence electrons. The molecule has 0 aliphatic heterocycles. The fraction of sp³-hybridized carbons (Fsp3) is 0.364. The molecule has 1 rings (SSSR count). The Morgan fingerprint density at radius 2 is 2.13 bits per heavy atom. The Hall–Kier alpha value is -1.09. The Morgan fingerprint density at radius 3 is 2.73 bits per heavy atom. The topological polar surface area (TPSA) is 20.3 Å². The number of hydrogen-bond donors (Lipinski definition) is 0. The van der Waals surface area contributed by atoms with Gasteiger partial charge in [0.25, 0.3) is 0 Å². The van der Waals surface area contributed by atoms with E-state index < -0.39 is 0 Å².